The third-order valence-corrected chi connectivity index (χ3v) is 7.34. The van der Waals surface area contributed by atoms with Crippen molar-refractivity contribution in [1.29, 1.82) is 0 Å². The molecule has 0 spiro atoms. The topological polar surface area (TPSA) is 150 Å². The fourth-order valence-corrected chi connectivity index (χ4v) is 5.46. The predicted molar refractivity (Wildman–Crippen MR) is 120 cm³/mol. The van der Waals surface area contributed by atoms with E-state index >= 15 is 0 Å². The van der Waals surface area contributed by atoms with Gasteiger partial charge in [-0.25, -0.2) is 19.5 Å². The smallest absolute Gasteiger partial charge is 0.463 e. The molecule has 2 aromatic rings. The summed E-state index contributed by atoms with van der Waals surface area (Å²) >= 11 is 0. The van der Waals surface area contributed by atoms with E-state index in [0.717, 1.165) is 0 Å². The highest BCUT2D eigenvalue weighted by molar-refractivity contribution is 7.48. The van der Waals surface area contributed by atoms with E-state index in [0.29, 0.717) is 11.2 Å². The van der Waals surface area contributed by atoms with Gasteiger partial charge in [0.15, 0.2) is 17.7 Å². The number of nitrogen functional groups attached to an aromatic ring is 1. The van der Waals surface area contributed by atoms with Crippen LogP contribution in [0.3, 0.4) is 0 Å². The molecule has 4 rings (SSSR count). The van der Waals surface area contributed by atoms with Crippen LogP contribution in [0.5, 0.6) is 0 Å². The summed E-state index contributed by atoms with van der Waals surface area (Å²) in [5.41, 5.74) is 5.69. The number of carbonyl (C=O) groups is 1. The van der Waals surface area contributed by atoms with E-state index in [1.807, 2.05) is 0 Å². The fourth-order valence-electron chi connectivity index (χ4n) is 3.97. The van der Waals surface area contributed by atoms with Crippen molar-refractivity contribution in [3.63, 3.8) is 0 Å². The number of hydrogen-bond donors (Lipinski definition) is 1. The van der Waals surface area contributed by atoms with Gasteiger partial charge in [0.2, 0.25) is 0 Å². The lowest BCUT2D eigenvalue weighted by Gasteiger charge is -2.35. The monoisotopic (exact) mass is 493 g/mol. The van der Waals surface area contributed by atoms with Crippen molar-refractivity contribution in [3.05, 3.63) is 12.7 Å². The van der Waals surface area contributed by atoms with Gasteiger partial charge in [-0.2, -0.15) is 0 Å². The van der Waals surface area contributed by atoms with Crippen molar-refractivity contribution in [2.75, 3.05) is 18.9 Å². The van der Waals surface area contributed by atoms with Gasteiger partial charge in [-0.1, -0.05) is 12.8 Å². The Hall–Kier alpha value is -2.55. The van der Waals surface area contributed by atoms with Crippen LogP contribution in [0.2, 0.25) is 0 Å². The minimum absolute atomic E-state index is 0.0254. The van der Waals surface area contributed by atoms with Crippen LogP contribution in [0.25, 0.3) is 11.2 Å². The second-order valence-electron chi connectivity index (χ2n) is 8.81. The molecule has 2 fully saturated rings. The summed E-state index contributed by atoms with van der Waals surface area (Å²) in [6, 6.07) is 0. The molecule has 0 amide bonds. The number of ether oxygens (including phenoxy) is 2. The first kappa shape index (κ1) is 24.6. The van der Waals surface area contributed by atoms with E-state index in [4.69, 9.17) is 35.2 Å². The van der Waals surface area contributed by atoms with Crippen molar-refractivity contribution in [2.24, 2.45) is 11.3 Å². The average Bonchev–Trinajstić information content (AvgIpc) is 3.33. The molecule has 2 aromatic heterocycles. The predicted octanol–water partition coefficient (Wildman–Crippen LogP) is 2.46. The maximum atomic E-state index is 13.2. The van der Waals surface area contributed by atoms with Crippen LogP contribution < -0.4 is 5.73 Å². The lowest BCUT2D eigenvalue weighted by Crippen LogP contribution is -2.42. The summed E-state index contributed by atoms with van der Waals surface area (Å²) in [6.45, 7) is 6.94. The lowest BCUT2D eigenvalue weighted by molar-refractivity contribution is -0.152. The normalized spacial score (nSPS) is 31.8. The first-order valence-electron chi connectivity index (χ1n) is 10.9. The highest BCUT2D eigenvalue weighted by atomic mass is 31.2. The Balaban J connectivity index is 1.48. The number of nitrogens with two attached hydrogens (primary N) is 1. The fraction of sp³-hybridized carbons (Fsp3) is 0.619. The van der Waals surface area contributed by atoms with Gasteiger partial charge in [-0.05, 0) is 27.2 Å². The van der Waals surface area contributed by atoms with E-state index in [1.165, 1.54) is 12.7 Å². The molecule has 12 nitrogen and oxygen atoms in total. The minimum atomic E-state index is -3.95. The van der Waals surface area contributed by atoms with Gasteiger partial charge in [-0.3, -0.25) is 22.9 Å². The summed E-state index contributed by atoms with van der Waals surface area (Å²) < 4.78 is 42.9. The molecular weight excluding hydrogens is 465 g/mol. The first-order chi connectivity index (χ1) is 16.1. The maximum Gasteiger partial charge on any atom is 0.475 e. The standard InChI is InChI=1S/C21H28N5O7P/c1-6-21(5)16-14(32-20(21)26-11-25-15-17(22)23-10-24-18(15)26)9-30-34(28,33-16)29-8-7-13(4)19(27)31-12(2)3/h1,10-14,16,20H,7-9H2,2-5H3,(H2,22,23,24)/t13-,14+,16+,20+,21+,34-/m0/s1. The number of carbonyl (C=O) groups excluding carboxylic acids is 1. The molecule has 0 bridgehead atoms. The molecule has 34 heavy (non-hydrogen) atoms. The molecule has 2 saturated heterocycles. The van der Waals surface area contributed by atoms with Crippen molar-refractivity contribution < 1.29 is 32.4 Å². The van der Waals surface area contributed by atoms with Crippen LogP contribution in [0.4, 0.5) is 5.82 Å². The summed E-state index contributed by atoms with van der Waals surface area (Å²) in [5.74, 6) is 2.17. The van der Waals surface area contributed by atoms with Gasteiger partial charge in [0, 0.05) is 0 Å². The number of aromatic nitrogens is 4. The zero-order valence-electron chi connectivity index (χ0n) is 19.4. The van der Waals surface area contributed by atoms with E-state index in [1.54, 1.807) is 32.3 Å². The van der Waals surface area contributed by atoms with Crippen LogP contribution in [0.15, 0.2) is 12.7 Å². The molecule has 13 heteroatoms. The number of phosphoric ester groups is 1. The van der Waals surface area contributed by atoms with Gasteiger partial charge >= 0.3 is 13.8 Å². The number of hydrogen-bond acceptors (Lipinski definition) is 11. The second-order valence-corrected chi connectivity index (χ2v) is 10.4. The van der Waals surface area contributed by atoms with E-state index in [-0.39, 0.29) is 37.5 Å². The SMILES string of the molecule is C#C[C@]1(C)[C@@H]2O[P@@](=O)(OCC[C@H](C)C(=O)OC(C)C)OC[C@H]2O[C@H]1n1cnc2c(N)ncnc21. The Morgan fingerprint density at radius 1 is 1.41 bits per heavy atom. The van der Waals surface area contributed by atoms with Gasteiger partial charge in [0.1, 0.15) is 29.5 Å². The van der Waals surface area contributed by atoms with E-state index < -0.39 is 37.6 Å². The summed E-state index contributed by atoms with van der Waals surface area (Å²) in [7, 11) is -3.95. The van der Waals surface area contributed by atoms with Gasteiger partial charge in [-0.15, -0.1) is 6.42 Å². The van der Waals surface area contributed by atoms with Gasteiger partial charge < -0.3 is 15.2 Å². The quantitative estimate of drug-likeness (QED) is 0.344. The van der Waals surface area contributed by atoms with Crippen molar-refractivity contribution in [1.82, 2.24) is 19.5 Å². The van der Waals surface area contributed by atoms with Crippen LogP contribution in [-0.4, -0.2) is 57.0 Å². The minimum Gasteiger partial charge on any atom is -0.463 e. The van der Waals surface area contributed by atoms with Crippen molar-refractivity contribution in [3.8, 4) is 12.3 Å². The summed E-state index contributed by atoms with van der Waals surface area (Å²) in [4.78, 5) is 24.4. The molecule has 2 aliphatic rings. The second kappa shape index (κ2) is 9.24. The molecule has 0 aliphatic carbocycles. The first-order valence-corrected chi connectivity index (χ1v) is 12.4. The van der Waals surface area contributed by atoms with Gasteiger partial charge in [0.25, 0.3) is 0 Å². The molecule has 0 aromatic carbocycles. The van der Waals surface area contributed by atoms with Crippen molar-refractivity contribution >= 4 is 30.8 Å². The molecule has 0 unspecified atom stereocenters. The Kier molecular flexibility index (Phi) is 6.68. The molecular formula is C21H28N5O7P. The zero-order chi connectivity index (χ0) is 24.7. The van der Waals surface area contributed by atoms with Gasteiger partial charge in [0.05, 0.1) is 31.6 Å². The molecule has 4 heterocycles. The largest absolute Gasteiger partial charge is 0.475 e. The van der Waals surface area contributed by atoms with E-state index in [9.17, 15) is 9.36 Å². The highest BCUT2D eigenvalue weighted by Crippen LogP contribution is 2.61. The third kappa shape index (κ3) is 4.42. The number of anilines is 1. The number of terminal acetylenes is 1. The molecule has 6 atom stereocenters. The lowest BCUT2D eigenvalue weighted by atomic mass is 9.83. The van der Waals surface area contributed by atoms with Crippen LogP contribution >= 0.6 is 7.82 Å². The number of phosphoric acid groups is 1. The molecule has 2 N–H and O–H groups in total. The molecule has 2 aliphatic heterocycles. The third-order valence-electron chi connectivity index (χ3n) is 5.89. The maximum absolute atomic E-state index is 13.2. The summed E-state index contributed by atoms with van der Waals surface area (Å²) in [6.07, 6.45) is 6.69. The van der Waals surface area contributed by atoms with E-state index in [2.05, 4.69) is 20.9 Å². The molecule has 0 radical (unpaired) electrons. The van der Waals surface area contributed by atoms with Crippen LogP contribution in [0.1, 0.15) is 40.3 Å². The number of imidazole rings is 1. The molecule has 0 saturated carbocycles. The zero-order valence-corrected chi connectivity index (χ0v) is 20.3. The number of esters is 1. The Bertz CT molecular complexity index is 1160. The number of rotatable bonds is 7. The summed E-state index contributed by atoms with van der Waals surface area (Å²) in [5, 5.41) is 0. The van der Waals surface area contributed by atoms with Crippen LogP contribution in [0, 0.1) is 23.7 Å². The van der Waals surface area contributed by atoms with Crippen molar-refractivity contribution in [2.45, 2.75) is 58.7 Å². The average molecular weight is 493 g/mol. The Morgan fingerprint density at radius 3 is 2.88 bits per heavy atom. The number of nitrogens with zero attached hydrogens (tertiary/aromatic N) is 4. The number of fused-ring (bicyclic) bond motifs is 2. The highest BCUT2D eigenvalue weighted by Gasteiger charge is 2.60. The Labute approximate surface area is 197 Å². The Morgan fingerprint density at radius 2 is 2.18 bits per heavy atom. The van der Waals surface area contributed by atoms with Crippen LogP contribution in [-0.2, 0) is 32.4 Å². The molecule has 184 valence electrons.